The van der Waals surface area contributed by atoms with E-state index in [9.17, 15) is 22.8 Å². The number of nitrogens with zero attached hydrogens (tertiary/aromatic N) is 4. The predicted molar refractivity (Wildman–Crippen MR) is 131 cm³/mol. The highest BCUT2D eigenvalue weighted by atomic mass is 19.1. The fourth-order valence-corrected chi connectivity index (χ4v) is 4.29. The molecule has 0 saturated carbocycles. The molecule has 0 atom stereocenters. The van der Waals surface area contributed by atoms with Gasteiger partial charge in [-0.05, 0) is 48.9 Å². The van der Waals surface area contributed by atoms with Gasteiger partial charge in [-0.2, -0.15) is 4.98 Å². The van der Waals surface area contributed by atoms with Crippen LogP contribution in [0.25, 0.3) is 28.0 Å². The fourth-order valence-electron chi connectivity index (χ4n) is 4.29. The van der Waals surface area contributed by atoms with E-state index in [0.29, 0.717) is 48.5 Å². The van der Waals surface area contributed by atoms with E-state index in [2.05, 4.69) is 15.3 Å². The first kappa shape index (κ1) is 24.4. The third-order valence-electron chi connectivity index (χ3n) is 6.12. The Bertz CT molecular complexity index is 1550. The molecule has 4 aromatic rings. The van der Waals surface area contributed by atoms with Gasteiger partial charge in [0.25, 0.3) is 5.56 Å². The molecule has 11 heteroatoms. The largest absolute Gasteiger partial charge is 0.378 e. The van der Waals surface area contributed by atoms with Gasteiger partial charge in [0.2, 0.25) is 11.9 Å². The Hall–Kier alpha value is -4.25. The lowest BCUT2D eigenvalue weighted by Crippen LogP contribution is -2.43. The quantitative estimate of drug-likeness (QED) is 0.444. The summed E-state index contributed by atoms with van der Waals surface area (Å²) in [4.78, 5) is 36.1. The number of hydrogen-bond acceptors (Lipinski definition) is 6. The molecule has 1 aliphatic heterocycles. The van der Waals surface area contributed by atoms with E-state index in [0.717, 1.165) is 22.8 Å². The first-order valence-corrected chi connectivity index (χ1v) is 11.6. The molecule has 1 amide bonds. The van der Waals surface area contributed by atoms with Crippen LogP contribution in [0.5, 0.6) is 0 Å². The minimum Gasteiger partial charge on any atom is -0.378 e. The molecular formula is C26H22F3N5O3. The molecule has 37 heavy (non-hydrogen) atoms. The van der Waals surface area contributed by atoms with Crippen LogP contribution < -0.4 is 10.9 Å². The molecule has 0 bridgehead atoms. The Morgan fingerprint density at radius 1 is 1.03 bits per heavy atom. The zero-order valence-electron chi connectivity index (χ0n) is 19.8. The van der Waals surface area contributed by atoms with Crippen LogP contribution in [0.3, 0.4) is 0 Å². The summed E-state index contributed by atoms with van der Waals surface area (Å²) in [7, 11) is 0. The topological polar surface area (TPSA) is 89.4 Å². The van der Waals surface area contributed by atoms with E-state index < -0.39 is 28.7 Å². The molecule has 1 aliphatic rings. The summed E-state index contributed by atoms with van der Waals surface area (Å²) in [6.45, 7) is 3.31. The monoisotopic (exact) mass is 509 g/mol. The lowest BCUT2D eigenvalue weighted by Gasteiger charge is -2.26. The van der Waals surface area contributed by atoms with Crippen molar-refractivity contribution in [2.45, 2.75) is 6.92 Å². The lowest BCUT2D eigenvalue weighted by atomic mass is 10.0. The summed E-state index contributed by atoms with van der Waals surface area (Å²) in [5.41, 5.74) is -0.0113. The Morgan fingerprint density at radius 2 is 1.76 bits per heavy atom. The van der Waals surface area contributed by atoms with Gasteiger partial charge in [-0.3, -0.25) is 14.2 Å². The highest BCUT2D eigenvalue weighted by Gasteiger charge is 2.21. The number of amides is 1. The Balaban J connectivity index is 1.69. The van der Waals surface area contributed by atoms with Crippen molar-refractivity contribution in [3.63, 3.8) is 0 Å². The van der Waals surface area contributed by atoms with Gasteiger partial charge in [0.15, 0.2) is 5.65 Å². The molecule has 0 aliphatic carbocycles. The number of fused-ring (bicyclic) bond motifs is 1. The van der Waals surface area contributed by atoms with Crippen molar-refractivity contribution in [2.75, 3.05) is 38.2 Å². The van der Waals surface area contributed by atoms with Gasteiger partial charge >= 0.3 is 0 Å². The molecule has 0 unspecified atom stereocenters. The summed E-state index contributed by atoms with van der Waals surface area (Å²) in [6, 6.07) is 9.99. The van der Waals surface area contributed by atoms with E-state index >= 15 is 0 Å². The number of morpholine rings is 1. The number of aryl methyl sites for hydroxylation is 1. The maximum absolute atomic E-state index is 14.8. The highest BCUT2D eigenvalue weighted by Crippen LogP contribution is 2.31. The number of carbonyl (C=O) groups excluding carboxylic acids is 1. The van der Waals surface area contributed by atoms with E-state index in [4.69, 9.17) is 4.74 Å². The second-order valence-electron chi connectivity index (χ2n) is 8.52. The van der Waals surface area contributed by atoms with Crippen LogP contribution in [-0.2, 0) is 9.53 Å². The van der Waals surface area contributed by atoms with Crippen LogP contribution >= 0.6 is 0 Å². The van der Waals surface area contributed by atoms with Gasteiger partial charge < -0.3 is 15.0 Å². The average Bonchev–Trinajstić information content (AvgIpc) is 2.88. The zero-order valence-corrected chi connectivity index (χ0v) is 19.8. The van der Waals surface area contributed by atoms with Gasteiger partial charge in [-0.1, -0.05) is 6.07 Å². The summed E-state index contributed by atoms with van der Waals surface area (Å²) in [6.07, 6.45) is 0. The summed E-state index contributed by atoms with van der Waals surface area (Å²) in [5.74, 6) is -2.60. The van der Waals surface area contributed by atoms with E-state index in [1.807, 2.05) is 0 Å². The fraction of sp³-hybridized carbons (Fsp3) is 0.231. The van der Waals surface area contributed by atoms with E-state index in [1.54, 1.807) is 11.8 Å². The highest BCUT2D eigenvalue weighted by molar-refractivity contribution is 5.93. The number of pyridine rings is 1. The number of benzene rings is 2. The molecule has 190 valence electrons. The molecule has 0 radical (unpaired) electrons. The summed E-state index contributed by atoms with van der Waals surface area (Å²) in [5, 5.41) is 3.18. The van der Waals surface area contributed by atoms with E-state index in [1.165, 1.54) is 30.3 Å². The second kappa shape index (κ2) is 10.0. The van der Waals surface area contributed by atoms with Gasteiger partial charge in [-0.25, -0.2) is 18.2 Å². The van der Waals surface area contributed by atoms with Crippen molar-refractivity contribution in [3.8, 4) is 16.9 Å². The van der Waals surface area contributed by atoms with Crippen LogP contribution in [0.1, 0.15) is 5.56 Å². The maximum atomic E-state index is 14.8. The third-order valence-corrected chi connectivity index (χ3v) is 6.12. The number of para-hydroxylation sites is 1. The number of anilines is 1. The van der Waals surface area contributed by atoms with Gasteiger partial charge in [0.05, 0.1) is 25.5 Å². The minimum atomic E-state index is -0.954. The number of carbonyl (C=O) groups is 1. The smallest absolute Gasteiger partial charge is 0.256 e. The Kier molecular flexibility index (Phi) is 6.62. The van der Waals surface area contributed by atoms with Crippen LogP contribution in [-0.4, -0.2) is 58.2 Å². The van der Waals surface area contributed by atoms with Gasteiger partial charge in [-0.15, -0.1) is 0 Å². The zero-order chi connectivity index (χ0) is 26.1. The molecule has 8 nitrogen and oxygen atoms in total. The molecule has 2 aromatic carbocycles. The Labute approximate surface area is 209 Å². The van der Waals surface area contributed by atoms with Crippen molar-refractivity contribution in [1.29, 1.82) is 0 Å². The first-order valence-electron chi connectivity index (χ1n) is 11.6. The molecule has 5 rings (SSSR count). The molecule has 0 spiro atoms. The summed E-state index contributed by atoms with van der Waals surface area (Å²) < 4.78 is 49.5. The van der Waals surface area contributed by atoms with E-state index in [-0.39, 0.29) is 24.0 Å². The number of ether oxygens (including phenoxy) is 1. The van der Waals surface area contributed by atoms with Crippen molar-refractivity contribution < 1.29 is 22.7 Å². The number of halogens is 3. The molecule has 1 fully saturated rings. The third kappa shape index (κ3) is 4.77. The number of aromatic nitrogens is 3. The Morgan fingerprint density at radius 3 is 2.46 bits per heavy atom. The molecule has 1 saturated heterocycles. The van der Waals surface area contributed by atoms with Crippen LogP contribution in [0.4, 0.5) is 19.1 Å². The molecule has 3 heterocycles. The standard InChI is InChI=1S/C26H22F3N5O3/c1-15-13-16(27)5-6-17(15)23-18-7-8-21(35)34(24-19(28)3-2-4-20(24)29)25(18)32-26(31-23)30-14-22(36)33-9-11-37-12-10-33/h2-8,13H,9-12,14H2,1H3,(H,30,31,32). The van der Waals surface area contributed by atoms with Gasteiger partial charge in [0, 0.05) is 30.1 Å². The van der Waals surface area contributed by atoms with Crippen molar-refractivity contribution >= 4 is 22.9 Å². The number of hydrogen-bond donors (Lipinski definition) is 1. The normalized spacial score (nSPS) is 13.7. The van der Waals surface area contributed by atoms with Crippen LogP contribution in [0.15, 0.2) is 53.3 Å². The maximum Gasteiger partial charge on any atom is 0.256 e. The molecule has 2 aromatic heterocycles. The van der Waals surface area contributed by atoms with Crippen molar-refractivity contribution in [3.05, 3.63) is 81.9 Å². The first-order chi connectivity index (χ1) is 17.8. The lowest BCUT2D eigenvalue weighted by molar-refractivity contribution is -0.133. The molecule has 1 N–H and O–H groups in total. The average molecular weight is 509 g/mol. The number of rotatable bonds is 5. The molecular weight excluding hydrogens is 487 g/mol. The minimum absolute atomic E-state index is 0.0380. The summed E-state index contributed by atoms with van der Waals surface area (Å²) >= 11 is 0. The second-order valence-corrected chi connectivity index (χ2v) is 8.52. The van der Waals surface area contributed by atoms with Crippen LogP contribution in [0.2, 0.25) is 0 Å². The van der Waals surface area contributed by atoms with Crippen molar-refractivity contribution in [2.24, 2.45) is 0 Å². The van der Waals surface area contributed by atoms with Crippen molar-refractivity contribution in [1.82, 2.24) is 19.4 Å². The SMILES string of the molecule is Cc1cc(F)ccc1-c1nc(NCC(=O)N2CCOCC2)nc2c1ccc(=O)n2-c1c(F)cccc1F. The van der Waals surface area contributed by atoms with Gasteiger partial charge in [0.1, 0.15) is 23.1 Å². The van der Waals surface area contributed by atoms with Crippen LogP contribution in [0, 0.1) is 24.4 Å². The number of nitrogens with one attached hydrogen (secondary N) is 1. The predicted octanol–water partition coefficient (Wildman–Crippen LogP) is 3.44.